The lowest BCUT2D eigenvalue weighted by molar-refractivity contribution is 0.0367. The van der Waals surface area contributed by atoms with Crippen molar-refractivity contribution in [2.75, 3.05) is 13.6 Å². The minimum absolute atomic E-state index is 0.0338. The molecule has 0 aromatic heterocycles. The topological polar surface area (TPSA) is 83.6 Å². The van der Waals surface area contributed by atoms with Crippen LogP contribution in [-0.4, -0.2) is 42.5 Å². The van der Waals surface area contributed by atoms with Crippen LogP contribution >= 0.6 is 23.8 Å². The SMILES string of the molecule is CN(CC1CC(O)C1)S(=O)(=O)c1ccc(C(N)=S)cc1Cl. The number of nitrogens with zero attached hydrogens (tertiary/aromatic N) is 1. The maximum Gasteiger partial charge on any atom is 0.244 e. The number of aliphatic hydroxyl groups excluding tert-OH is 1. The summed E-state index contributed by atoms with van der Waals surface area (Å²) in [7, 11) is -2.15. The number of halogens is 1. The van der Waals surface area contributed by atoms with E-state index in [1.807, 2.05) is 0 Å². The Kier molecular flexibility index (Phi) is 4.89. The Morgan fingerprint density at radius 1 is 1.52 bits per heavy atom. The summed E-state index contributed by atoms with van der Waals surface area (Å²) in [6.45, 7) is 0.368. The molecule has 5 nitrogen and oxygen atoms in total. The molecule has 1 saturated carbocycles. The van der Waals surface area contributed by atoms with E-state index < -0.39 is 10.0 Å². The number of sulfonamides is 1. The molecule has 0 radical (unpaired) electrons. The zero-order chi connectivity index (χ0) is 15.8. The van der Waals surface area contributed by atoms with Crippen molar-refractivity contribution < 1.29 is 13.5 Å². The highest BCUT2D eigenvalue weighted by Gasteiger charge is 2.32. The number of hydrogen-bond acceptors (Lipinski definition) is 4. The Balaban J connectivity index is 2.20. The highest BCUT2D eigenvalue weighted by molar-refractivity contribution is 7.89. The first kappa shape index (κ1) is 16.6. The Bertz CT molecular complexity index is 657. The van der Waals surface area contributed by atoms with Gasteiger partial charge in [-0.1, -0.05) is 29.9 Å². The number of aliphatic hydroxyl groups is 1. The van der Waals surface area contributed by atoms with Crippen molar-refractivity contribution >= 4 is 38.8 Å². The van der Waals surface area contributed by atoms with E-state index >= 15 is 0 Å². The second kappa shape index (κ2) is 6.18. The number of rotatable bonds is 5. The first-order valence-electron chi connectivity index (χ1n) is 6.45. The number of nitrogens with two attached hydrogens (primary N) is 1. The van der Waals surface area contributed by atoms with Crippen LogP contribution < -0.4 is 5.73 Å². The average molecular weight is 349 g/mol. The molecule has 116 valence electrons. The van der Waals surface area contributed by atoms with Gasteiger partial charge in [-0.05, 0) is 30.9 Å². The van der Waals surface area contributed by atoms with Gasteiger partial charge in [-0.15, -0.1) is 0 Å². The normalized spacial score (nSPS) is 22.1. The molecule has 0 atom stereocenters. The highest BCUT2D eigenvalue weighted by Crippen LogP contribution is 2.31. The molecule has 0 bridgehead atoms. The first-order valence-corrected chi connectivity index (χ1v) is 8.68. The third-order valence-corrected chi connectivity index (χ3v) is 6.17. The zero-order valence-electron chi connectivity index (χ0n) is 11.5. The molecule has 21 heavy (non-hydrogen) atoms. The molecule has 8 heteroatoms. The Hall–Kier alpha value is -0.730. The van der Waals surface area contributed by atoms with Crippen molar-refractivity contribution in [1.82, 2.24) is 4.31 Å². The quantitative estimate of drug-likeness (QED) is 0.785. The maximum absolute atomic E-state index is 12.5. The lowest BCUT2D eigenvalue weighted by Gasteiger charge is -2.34. The lowest BCUT2D eigenvalue weighted by Crippen LogP contribution is -2.39. The van der Waals surface area contributed by atoms with E-state index in [9.17, 15) is 13.5 Å². The predicted molar refractivity (Wildman–Crippen MR) is 85.9 cm³/mol. The molecular formula is C13H17ClN2O3S2. The summed E-state index contributed by atoms with van der Waals surface area (Å²) in [5.41, 5.74) is 6.02. The summed E-state index contributed by atoms with van der Waals surface area (Å²) >= 11 is 10.9. The Morgan fingerprint density at radius 2 is 2.14 bits per heavy atom. The van der Waals surface area contributed by atoms with Crippen LogP contribution in [0.3, 0.4) is 0 Å². The molecule has 1 fully saturated rings. The van der Waals surface area contributed by atoms with Crippen molar-refractivity contribution in [2.45, 2.75) is 23.8 Å². The summed E-state index contributed by atoms with van der Waals surface area (Å²) in [6, 6.07) is 4.41. The smallest absolute Gasteiger partial charge is 0.244 e. The maximum atomic E-state index is 12.5. The number of hydrogen-bond donors (Lipinski definition) is 2. The van der Waals surface area contributed by atoms with Gasteiger partial charge in [0.15, 0.2) is 0 Å². The van der Waals surface area contributed by atoms with Crippen LogP contribution in [0.1, 0.15) is 18.4 Å². The van der Waals surface area contributed by atoms with Crippen LogP contribution in [0.5, 0.6) is 0 Å². The number of benzene rings is 1. The monoisotopic (exact) mass is 348 g/mol. The van der Waals surface area contributed by atoms with E-state index in [-0.39, 0.29) is 26.9 Å². The minimum atomic E-state index is -3.67. The van der Waals surface area contributed by atoms with Gasteiger partial charge in [0.25, 0.3) is 0 Å². The van der Waals surface area contributed by atoms with Gasteiger partial charge in [0.05, 0.1) is 11.1 Å². The molecule has 1 aliphatic rings. The van der Waals surface area contributed by atoms with Gasteiger partial charge in [0.1, 0.15) is 9.88 Å². The van der Waals surface area contributed by atoms with Crippen molar-refractivity contribution in [3.8, 4) is 0 Å². The van der Waals surface area contributed by atoms with E-state index in [1.54, 1.807) is 6.07 Å². The molecule has 0 spiro atoms. The molecule has 1 aromatic carbocycles. The zero-order valence-corrected chi connectivity index (χ0v) is 13.9. The third kappa shape index (κ3) is 3.54. The average Bonchev–Trinajstić information content (AvgIpc) is 2.36. The van der Waals surface area contributed by atoms with Crippen molar-refractivity contribution in [3.05, 3.63) is 28.8 Å². The largest absolute Gasteiger partial charge is 0.393 e. The minimum Gasteiger partial charge on any atom is -0.393 e. The van der Waals surface area contributed by atoms with Gasteiger partial charge in [-0.25, -0.2) is 12.7 Å². The van der Waals surface area contributed by atoms with Gasteiger partial charge < -0.3 is 10.8 Å². The molecule has 0 unspecified atom stereocenters. The van der Waals surface area contributed by atoms with Gasteiger partial charge >= 0.3 is 0 Å². The van der Waals surface area contributed by atoms with Crippen molar-refractivity contribution in [2.24, 2.45) is 11.7 Å². The Labute approximate surface area is 134 Å². The van der Waals surface area contributed by atoms with E-state index in [1.165, 1.54) is 23.5 Å². The van der Waals surface area contributed by atoms with E-state index in [0.29, 0.717) is 24.9 Å². The molecule has 0 aliphatic heterocycles. The molecular weight excluding hydrogens is 332 g/mol. The lowest BCUT2D eigenvalue weighted by atomic mass is 9.82. The third-order valence-electron chi connectivity index (χ3n) is 3.63. The van der Waals surface area contributed by atoms with E-state index in [4.69, 9.17) is 29.6 Å². The summed E-state index contributed by atoms with van der Waals surface area (Å²) in [6.07, 6.45) is 0.960. The first-order chi connectivity index (χ1) is 9.71. The molecule has 0 amide bonds. The van der Waals surface area contributed by atoms with E-state index in [2.05, 4.69) is 0 Å². The summed E-state index contributed by atoms with van der Waals surface area (Å²) < 4.78 is 26.3. The van der Waals surface area contributed by atoms with Crippen LogP contribution in [0.15, 0.2) is 23.1 Å². The predicted octanol–water partition coefficient (Wildman–Crippen LogP) is 1.37. The fourth-order valence-corrected chi connectivity index (χ4v) is 4.23. The Morgan fingerprint density at radius 3 is 2.62 bits per heavy atom. The second-order valence-corrected chi connectivity index (χ2v) is 8.15. The fraction of sp³-hybridized carbons (Fsp3) is 0.462. The highest BCUT2D eigenvalue weighted by atomic mass is 35.5. The second-order valence-electron chi connectivity index (χ2n) is 5.29. The molecule has 2 rings (SSSR count). The fourth-order valence-electron chi connectivity index (χ4n) is 2.34. The van der Waals surface area contributed by atoms with Gasteiger partial charge in [0, 0.05) is 19.2 Å². The van der Waals surface area contributed by atoms with Crippen LogP contribution in [0.4, 0.5) is 0 Å². The molecule has 1 aliphatic carbocycles. The van der Waals surface area contributed by atoms with Crippen molar-refractivity contribution in [3.63, 3.8) is 0 Å². The number of thiocarbonyl (C=S) groups is 1. The molecule has 3 N–H and O–H groups in total. The van der Waals surface area contributed by atoms with Crippen LogP contribution in [0, 0.1) is 5.92 Å². The van der Waals surface area contributed by atoms with Gasteiger partial charge in [0.2, 0.25) is 10.0 Å². The molecule has 1 aromatic rings. The van der Waals surface area contributed by atoms with E-state index in [0.717, 1.165) is 0 Å². The van der Waals surface area contributed by atoms with Crippen LogP contribution in [0.25, 0.3) is 0 Å². The van der Waals surface area contributed by atoms with Crippen LogP contribution in [-0.2, 0) is 10.0 Å². The van der Waals surface area contributed by atoms with Crippen LogP contribution in [0.2, 0.25) is 5.02 Å². The summed E-state index contributed by atoms with van der Waals surface area (Å²) in [4.78, 5) is 0.198. The molecule has 0 heterocycles. The van der Waals surface area contributed by atoms with Gasteiger partial charge in [-0.2, -0.15) is 0 Å². The van der Waals surface area contributed by atoms with Crippen molar-refractivity contribution in [1.29, 1.82) is 0 Å². The standard InChI is InChI=1S/C13H17ClN2O3S2/c1-16(7-8-4-10(17)5-8)21(18,19)12-3-2-9(13(15)20)6-11(12)14/h2-3,6,8,10,17H,4-5,7H2,1H3,(H2,15,20). The summed E-state index contributed by atoms with van der Waals surface area (Å²) in [5, 5.41) is 9.36. The molecule has 0 saturated heterocycles. The van der Waals surface area contributed by atoms with Gasteiger partial charge in [-0.3, -0.25) is 0 Å². The summed E-state index contributed by atoms with van der Waals surface area (Å²) in [5.74, 6) is 0.189.